The lowest BCUT2D eigenvalue weighted by Gasteiger charge is -2.10. The number of nitrogen functional groups attached to an aromatic ring is 1. The van der Waals surface area contributed by atoms with E-state index in [1.807, 2.05) is 0 Å². The average Bonchev–Trinajstić information content (AvgIpc) is 2.77. The lowest BCUT2D eigenvalue weighted by molar-refractivity contribution is 0.129. The Balaban J connectivity index is 2.10. The molecule has 0 bridgehead atoms. The smallest absolute Gasteiger partial charge is 0.238 e. The first-order valence-electron chi connectivity index (χ1n) is 5.63. The molecule has 1 fully saturated rings. The lowest BCUT2D eigenvalue weighted by Crippen LogP contribution is -2.13. The second-order valence-electron chi connectivity index (χ2n) is 4.23. The van der Waals surface area contributed by atoms with E-state index in [2.05, 4.69) is 0 Å². The molecule has 1 unspecified atom stereocenters. The molecule has 5 nitrogen and oxygen atoms in total. The molecule has 1 aromatic rings. The van der Waals surface area contributed by atoms with Crippen LogP contribution in [-0.2, 0) is 14.8 Å². The van der Waals surface area contributed by atoms with Gasteiger partial charge in [-0.15, -0.1) is 11.8 Å². The second-order valence-corrected chi connectivity index (χ2v) is 6.88. The molecule has 1 saturated heterocycles. The van der Waals surface area contributed by atoms with Crippen molar-refractivity contribution in [1.82, 2.24) is 0 Å². The highest BCUT2D eigenvalue weighted by atomic mass is 32.2. The predicted octanol–water partition coefficient (Wildman–Crippen LogP) is 1.19. The van der Waals surface area contributed by atoms with Crippen molar-refractivity contribution in [1.29, 1.82) is 0 Å². The van der Waals surface area contributed by atoms with Crippen LogP contribution in [0.1, 0.15) is 12.8 Å². The quantitative estimate of drug-likeness (QED) is 0.641. The van der Waals surface area contributed by atoms with Gasteiger partial charge in [-0.3, -0.25) is 0 Å². The van der Waals surface area contributed by atoms with Gasteiger partial charge in [-0.05, 0) is 31.0 Å². The first-order chi connectivity index (χ1) is 8.45. The molecule has 100 valence electrons. The van der Waals surface area contributed by atoms with E-state index in [1.54, 1.807) is 12.1 Å². The molecule has 1 heterocycles. The summed E-state index contributed by atoms with van der Waals surface area (Å²) in [5.74, 6) is 0.799. The van der Waals surface area contributed by atoms with Crippen molar-refractivity contribution < 1.29 is 13.2 Å². The maximum atomic E-state index is 11.3. The van der Waals surface area contributed by atoms with Gasteiger partial charge in [-0.1, -0.05) is 0 Å². The molecule has 7 heteroatoms. The first-order valence-corrected chi connectivity index (χ1v) is 8.16. The molecule has 0 radical (unpaired) electrons. The minimum absolute atomic E-state index is 0.0531. The molecule has 0 saturated carbocycles. The molecule has 1 aromatic carbocycles. The number of anilines is 1. The number of ether oxygens (including phenoxy) is 1. The molecule has 1 aliphatic heterocycles. The zero-order valence-corrected chi connectivity index (χ0v) is 11.5. The third kappa shape index (κ3) is 3.61. The van der Waals surface area contributed by atoms with Crippen molar-refractivity contribution in [2.75, 3.05) is 18.1 Å². The van der Waals surface area contributed by atoms with Gasteiger partial charge in [0.05, 0.1) is 11.0 Å². The number of benzene rings is 1. The third-order valence-corrected chi connectivity index (χ3v) is 4.69. The molecule has 1 atom stereocenters. The molecular formula is C11H16N2O3S2. The number of hydrogen-bond donors (Lipinski definition) is 2. The maximum absolute atomic E-state index is 11.3. The zero-order valence-electron chi connectivity index (χ0n) is 9.83. The highest BCUT2D eigenvalue weighted by Gasteiger charge is 2.16. The van der Waals surface area contributed by atoms with Crippen LogP contribution in [0.3, 0.4) is 0 Å². The highest BCUT2D eigenvalue weighted by molar-refractivity contribution is 7.99. The van der Waals surface area contributed by atoms with Crippen LogP contribution in [0.4, 0.5) is 5.69 Å². The molecule has 0 amide bonds. The Bertz CT molecular complexity index is 525. The van der Waals surface area contributed by atoms with E-state index < -0.39 is 10.0 Å². The van der Waals surface area contributed by atoms with Crippen molar-refractivity contribution in [2.45, 2.75) is 28.7 Å². The van der Waals surface area contributed by atoms with E-state index in [0.717, 1.165) is 30.1 Å². The summed E-state index contributed by atoms with van der Waals surface area (Å²) >= 11 is 1.54. The Hall–Kier alpha value is -0.760. The van der Waals surface area contributed by atoms with Gasteiger partial charge in [0.15, 0.2) is 0 Å². The summed E-state index contributed by atoms with van der Waals surface area (Å²) < 4.78 is 28.1. The van der Waals surface area contributed by atoms with Crippen LogP contribution in [-0.4, -0.2) is 26.9 Å². The zero-order chi connectivity index (χ0) is 13.2. The van der Waals surface area contributed by atoms with E-state index in [9.17, 15) is 8.42 Å². The summed E-state index contributed by atoms with van der Waals surface area (Å²) in [6.07, 6.45) is 2.39. The van der Waals surface area contributed by atoms with Crippen LogP contribution in [0, 0.1) is 0 Å². The van der Waals surface area contributed by atoms with Gasteiger partial charge in [0, 0.05) is 22.9 Å². The van der Waals surface area contributed by atoms with E-state index >= 15 is 0 Å². The van der Waals surface area contributed by atoms with Gasteiger partial charge < -0.3 is 10.5 Å². The van der Waals surface area contributed by atoms with Crippen LogP contribution >= 0.6 is 11.8 Å². The summed E-state index contributed by atoms with van der Waals surface area (Å²) in [6.45, 7) is 0.810. The minimum Gasteiger partial charge on any atom is -0.399 e. The average molecular weight is 288 g/mol. The summed E-state index contributed by atoms with van der Waals surface area (Å²) in [7, 11) is -3.71. The van der Waals surface area contributed by atoms with Crippen molar-refractivity contribution in [3.8, 4) is 0 Å². The van der Waals surface area contributed by atoms with Gasteiger partial charge in [-0.2, -0.15) is 0 Å². The fraction of sp³-hybridized carbons (Fsp3) is 0.455. The third-order valence-electron chi connectivity index (χ3n) is 2.69. The lowest BCUT2D eigenvalue weighted by atomic mass is 10.3. The topological polar surface area (TPSA) is 95.4 Å². The van der Waals surface area contributed by atoms with E-state index in [4.69, 9.17) is 15.6 Å². The van der Waals surface area contributed by atoms with Crippen LogP contribution in [0.5, 0.6) is 0 Å². The van der Waals surface area contributed by atoms with Gasteiger partial charge in [0.1, 0.15) is 0 Å². The normalized spacial score (nSPS) is 20.2. The van der Waals surface area contributed by atoms with Gasteiger partial charge in [0.2, 0.25) is 10.0 Å². The first kappa shape index (κ1) is 13.7. The molecule has 0 aromatic heterocycles. The Kier molecular flexibility index (Phi) is 4.16. The molecule has 0 aliphatic carbocycles. The van der Waals surface area contributed by atoms with Gasteiger partial charge in [0.25, 0.3) is 0 Å². The molecule has 1 aliphatic rings. The summed E-state index contributed by atoms with van der Waals surface area (Å²) in [5.41, 5.74) is 6.07. The van der Waals surface area contributed by atoms with Crippen molar-refractivity contribution in [3.63, 3.8) is 0 Å². The number of rotatable bonds is 4. The van der Waals surface area contributed by atoms with E-state index in [1.165, 1.54) is 17.8 Å². The Labute approximate surface area is 111 Å². The van der Waals surface area contributed by atoms with Crippen LogP contribution in [0.2, 0.25) is 0 Å². The molecule has 0 spiro atoms. The second kappa shape index (κ2) is 5.48. The monoisotopic (exact) mass is 288 g/mol. The predicted molar refractivity (Wildman–Crippen MR) is 71.9 cm³/mol. The van der Waals surface area contributed by atoms with Crippen LogP contribution in [0.25, 0.3) is 0 Å². The Morgan fingerprint density at radius 1 is 1.39 bits per heavy atom. The number of sulfonamides is 1. The number of nitrogens with two attached hydrogens (primary N) is 2. The highest BCUT2D eigenvalue weighted by Crippen LogP contribution is 2.27. The molecule has 18 heavy (non-hydrogen) atoms. The molecule has 2 rings (SSSR count). The van der Waals surface area contributed by atoms with Crippen molar-refractivity contribution in [2.24, 2.45) is 5.14 Å². The van der Waals surface area contributed by atoms with E-state index in [-0.39, 0.29) is 11.0 Å². The Morgan fingerprint density at radius 2 is 2.17 bits per heavy atom. The summed E-state index contributed by atoms with van der Waals surface area (Å²) in [6, 6.07) is 4.66. The molecule has 4 N–H and O–H groups in total. The fourth-order valence-electron chi connectivity index (χ4n) is 1.81. The van der Waals surface area contributed by atoms with E-state index in [0.29, 0.717) is 5.69 Å². The van der Waals surface area contributed by atoms with Crippen molar-refractivity contribution >= 4 is 27.5 Å². The number of thioether (sulfide) groups is 1. The van der Waals surface area contributed by atoms with Crippen molar-refractivity contribution in [3.05, 3.63) is 18.2 Å². The minimum atomic E-state index is -3.71. The standard InChI is InChI=1S/C11H16N2O3S2/c12-8-4-10(6-11(5-8)18(13,14)15)17-7-9-2-1-3-16-9/h4-6,9H,1-3,7,12H2,(H2,13,14,15). The van der Waals surface area contributed by atoms with Crippen LogP contribution < -0.4 is 10.9 Å². The van der Waals surface area contributed by atoms with Gasteiger partial charge in [-0.25, -0.2) is 13.6 Å². The maximum Gasteiger partial charge on any atom is 0.238 e. The van der Waals surface area contributed by atoms with Gasteiger partial charge >= 0.3 is 0 Å². The number of hydrogen-bond acceptors (Lipinski definition) is 5. The largest absolute Gasteiger partial charge is 0.399 e. The summed E-state index contributed by atoms with van der Waals surface area (Å²) in [5, 5.41) is 5.10. The fourth-order valence-corrected chi connectivity index (χ4v) is 3.54. The Morgan fingerprint density at radius 3 is 2.78 bits per heavy atom. The number of primary sulfonamides is 1. The SMILES string of the molecule is Nc1cc(SCC2CCCO2)cc(S(N)(=O)=O)c1. The van der Waals surface area contributed by atoms with Crippen LogP contribution in [0.15, 0.2) is 28.0 Å². The summed E-state index contributed by atoms with van der Waals surface area (Å²) in [4.78, 5) is 0.854. The molecular weight excluding hydrogens is 272 g/mol.